The number of nitrogens with zero attached hydrogens (tertiary/aromatic N) is 2. The van der Waals surface area contributed by atoms with Crippen LogP contribution in [0.2, 0.25) is 0 Å². The second kappa shape index (κ2) is 5.53. The molecule has 1 aliphatic carbocycles. The van der Waals surface area contributed by atoms with E-state index in [2.05, 4.69) is 28.9 Å². The summed E-state index contributed by atoms with van der Waals surface area (Å²) in [5, 5.41) is 0. The zero-order valence-corrected chi connectivity index (χ0v) is 12.5. The van der Waals surface area contributed by atoms with Crippen LogP contribution >= 0.6 is 11.3 Å². The summed E-state index contributed by atoms with van der Waals surface area (Å²) in [6.45, 7) is 3.01. The van der Waals surface area contributed by atoms with Gasteiger partial charge in [0.2, 0.25) is 0 Å². The lowest BCUT2D eigenvalue weighted by molar-refractivity contribution is 0.240. The smallest absolute Gasteiger partial charge is 0.192 e. The van der Waals surface area contributed by atoms with Gasteiger partial charge >= 0.3 is 0 Å². The van der Waals surface area contributed by atoms with E-state index in [1.165, 1.54) is 48.3 Å². The van der Waals surface area contributed by atoms with Crippen LogP contribution in [-0.2, 0) is 0 Å². The van der Waals surface area contributed by atoms with Gasteiger partial charge in [0.1, 0.15) is 0 Å². The first kappa shape index (κ1) is 13.0. The SMILES string of the molecule is Cc1ccc(C2CN=C(N)N2C2CCCCCC2)s1. The first-order valence-corrected chi connectivity index (χ1v) is 8.22. The molecule has 1 saturated carbocycles. The quantitative estimate of drug-likeness (QED) is 0.841. The van der Waals surface area contributed by atoms with Crippen molar-refractivity contribution in [3.63, 3.8) is 0 Å². The van der Waals surface area contributed by atoms with Crippen LogP contribution in [0, 0.1) is 6.92 Å². The lowest BCUT2D eigenvalue weighted by Crippen LogP contribution is -2.43. The van der Waals surface area contributed by atoms with E-state index >= 15 is 0 Å². The molecule has 19 heavy (non-hydrogen) atoms. The molecule has 0 amide bonds. The van der Waals surface area contributed by atoms with Crippen molar-refractivity contribution in [1.82, 2.24) is 4.90 Å². The van der Waals surface area contributed by atoms with E-state index < -0.39 is 0 Å². The number of aryl methyl sites for hydroxylation is 1. The molecule has 3 nitrogen and oxygen atoms in total. The van der Waals surface area contributed by atoms with E-state index in [1.54, 1.807) is 0 Å². The van der Waals surface area contributed by atoms with Crippen LogP contribution in [0.1, 0.15) is 54.3 Å². The van der Waals surface area contributed by atoms with Crippen LogP contribution in [0.15, 0.2) is 17.1 Å². The van der Waals surface area contributed by atoms with Gasteiger partial charge in [-0.15, -0.1) is 11.3 Å². The molecule has 1 unspecified atom stereocenters. The molecule has 104 valence electrons. The molecule has 1 aromatic rings. The fourth-order valence-electron chi connectivity index (χ4n) is 3.35. The van der Waals surface area contributed by atoms with Gasteiger partial charge in [-0.1, -0.05) is 25.7 Å². The lowest BCUT2D eigenvalue weighted by atomic mass is 10.0. The fraction of sp³-hybridized carbons (Fsp3) is 0.667. The summed E-state index contributed by atoms with van der Waals surface area (Å²) in [6.07, 6.45) is 7.98. The largest absolute Gasteiger partial charge is 0.370 e. The molecule has 1 atom stereocenters. The molecule has 1 aromatic heterocycles. The van der Waals surface area contributed by atoms with E-state index in [-0.39, 0.29) is 0 Å². The van der Waals surface area contributed by atoms with Crippen molar-refractivity contribution in [3.8, 4) is 0 Å². The molecule has 1 aliphatic heterocycles. The minimum atomic E-state index is 0.391. The Morgan fingerprint density at radius 2 is 1.95 bits per heavy atom. The summed E-state index contributed by atoms with van der Waals surface area (Å²) in [4.78, 5) is 9.73. The maximum Gasteiger partial charge on any atom is 0.192 e. The van der Waals surface area contributed by atoms with Gasteiger partial charge in [0.05, 0.1) is 12.6 Å². The fourth-order valence-corrected chi connectivity index (χ4v) is 4.31. The topological polar surface area (TPSA) is 41.6 Å². The molecule has 0 radical (unpaired) electrons. The Kier molecular flexibility index (Phi) is 3.78. The second-order valence-electron chi connectivity index (χ2n) is 5.72. The van der Waals surface area contributed by atoms with Crippen LogP contribution in [0.25, 0.3) is 0 Å². The van der Waals surface area contributed by atoms with Gasteiger partial charge in [-0.2, -0.15) is 0 Å². The molecule has 0 saturated heterocycles. The molecule has 3 rings (SSSR count). The molecular weight excluding hydrogens is 254 g/mol. The van der Waals surface area contributed by atoms with Gasteiger partial charge in [0.15, 0.2) is 5.96 Å². The number of rotatable bonds is 2. The van der Waals surface area contributed by atoms with Crippen molar-refractivity contribution < 1.29 is 0 Å². The maximum absolute atomic E-state index is 6.18. The molecule has 0 bridgehead atoms. The van der Waals surface area contributed by atoms with Crippen LogP contribution < -0.4 is 5.73 Å². The Morgan fingerprint density at radius 3 is 2.58 bits per heavy atom. The Hall–Kier alpha value is -1.03. The van der Waals surface area contributed by atoms with Gasteiger partial charge in [-0.25, -0.2) is 0 Å². The Labute approximate surface area is 119 Å². The van der Waals surface area contributed by atoms with Gasteiger partial charge in [0, 0.05) is 15.8 Å². The monoisotopic (exact) mass is 277 g/mol. The zero-order chi connectivity index (χ0) is 13.2. The average Bonchev–Trinajstić information content (AvgIpc) is 2.87. The predicted molar refractivity (Wildman–Crippen MR) is 81.6 cm³/mol. The van der Waals surface area contributed by atoms with Crippen molar-refractivity contribution in [1.29, 1.82) is 0 Å². The third kappa shape index (κ3) is 2.64. The van der Waals surface area contributed by atoms with E-state index in [4.69, 9.17) is 5.73 Å². The lowest BCUT2D eigenvalue weighted by Gasteiger charge is -2.33. The molecule has 1 fully saturated rings. The van der Waals surface area contributed by atoms with E-state index in [1.807, 2.05) is 11.3 Å². The predicted octanol–water partition coefficient (Wildman–Crippen LogP) is 3.45. The second-order valence-corrected chi connectivity index (χ2v) is 7.04. The summed E-state index contributed by atoms with van der Waals surface area (Å²) < 4.78 is 0. The third-order valence-corrected chi connectivity index (χ3v) is 5.44. The van der Waals surface area contributed by atoms with E-state index in [0.717, 1.165) is 12.5 Å². The number of aliphatic imine (C=N–C) groups is 1. The summed E-state index contributed by atoms with van der Waals surface area (Å²) in [5.41, 5.74) is 6.18. The standard InChI is InChI=1S/C15H23N3S/c1-11-8-9-14(19-11)13-10-17-15(16)18(13)12-6-4-2-3-5-7-12/h8-9,12-13H,2-7,10H2,1H3,(H2,16,17). The average molecular weight is 277 g/mol. The van der Waals surface area contributed by atoms with Crippen LogP contribution in [0.5, 0.6) is 0 Å². The minimum absolute atomic E-state index is 0.391. The Balaban J connectivity index is 1.81. The summed E-state index contributed by atoms with van der Waals surface area (Å²) in [5.74, 6) is 0.767. The highest BCUT2D eigenvalue weighted by Gasteiger charge is 2.34. The Bertz CT molecular complexity index is 458. The Morgan fingerprint density at radius 1 is 1.21 bits per heavy atom. The minimum Gasteiger partial charge on any atom is -0.370 e. The summed E-state index contributed by atoms with van der Waals surface area (Å²) in [7, 11) is 0. The number of hydrogen-bond donors (Lipinski definition) is 1. The number of thiophene rings is 1. The van der Waals surface area contributed by atoms with Crippen LogP contribution in [0.4, 0.5) is 0 Å². The first-order valence-electron chi connectivity index (χ1n) is 7.40. The molecule has 2 heterocycles. The van der Waals surface area contributed by atoms with Crippen molar-refractivity contribution >= 4 is 17.3 Å². The first-order chi connectivity index (χ1) is 9.25. The van der Waals surface area contributed by atoms with E-state index in [0.29, 0.717) is 12.1 Å². The molecular formula is C15H23N3S. The molecule has 0 aromatic carbocycles. The molecule has 2 aliphatic rings. The highest BCUT2D eigenvalue weighted by atomic mass is 32.1. The van der Waals surface area contributed by atoms with Crippen LogP contribution in [0.3, 0.4) is 0 Å². The highest BCUT2D eigenvalue weighted by molar-refractivity contribution is 7.12. The van der Waals surface area contributed by atoms with E-state index in [9.17, 15) is 0 Å². The van der Waals surface area contributed by atoms with Crippen molar-refractivity contribution in [2.24, 2.45) is 10.7 Å². The van der Waals surface area contributed by atoms with Gasteiger partial charge in [0.25, 0.3) is 0 Å². The number of hydrogen-bond acceptors (Lipinski definition) is 4. The van der Waals surface area contributed by atoms with Gasteiger partial charge in [-0.3, -0.25) is 4.99 Å². The normalized spacial score (nSPS) is 25.4. The van der Waals surface area contributed by atoms with Gasteiger partial charge in [-0.05, 0) is 31.9 Å². The zero-order valence-electron chi connectivity index (χ0n) is 11.6. The van der Waals surface area contributed by atoms with Crippen molar-refractivity contribution in [3.05, 3.63) is 21.9 Å². The van der Waals surface area contributed by atoms with Crippen molar-refractivity contribution in [2.75, 3.05) is 6.54 Å². The maximum atomic E-state index is 6.18. The molecule has 2 N–H and O–H groups in total. The highest BCUT2D eigenvalue weighted by Crippen LogP contribution is 2.35. The van der Waals surface area contributed by atoms with Crippen LogP contribution in [-0.4, -0.2) is 23.4 Å². The summed E-state index contributed by atoms with van der Waals surface area (Å²) in [6, 6.07) is 5.45. The molecule has 4 heteroatoms. The summed E-state index contributed by atoms with van der Waals surface area (Å²) >= 11 is 1.89. The molecule has 0 spiro atoms. The third-order valence-electron chi connectivity index (χ3n) is 4.33. The number of nitrogens with two attached hydrogens (primary N) is 1. The van der Waals surface area contributed by atoms with Gasteiger partial charge < -0.3 is 10.6 Å². The number of guanidine groups is 1. The van der Waals surface area contributed by atoms with Crippen molar-refractivity contribution in [2.45, 2.75) is 57.5 Å².